The molecule has 0 fully saturated rings. The Bertz CT molecular complexity index is 722. The van der Waals surface area contributed by atoms with E-state index >= 15 is 0 Å². The number of sulfone groups is 1. The zero-order valence-corrected chi connectivity index (χ0v) is 13.9. The number of nitrogens with zero attached hydrogens (tertiary/aromatic N) is 2. The number of carbonyl (C=O) groups is 1. The van der Waals surface area contributed by atoms with Gasteiger partial charge >= 0.3 is 0 Å². The Hall–Kier alpha value is -1.74. The summed E-state index contributed by atoms with van der Waals surface area (Å²) >= 11 is 1.43. The van der Waals surface area contributed by atoms with Crippen LogP contribution in [0.25, 0.3) is 10.7 Å². The Morgan fingerprint density at radius 2 is 2.27 bits per heavy atom. The minimum Gasteiger partial charge on any atom is -0.353 e. The van der Waals surface area contributed by atoms with Crippen LogP contribution in [-0.2, 0) is 20.4 Å². The summed E-state index contributed by atoms with van der Waals surface area (Å²) in [6.07, 6.45) is 0.736. The molecule has 0 radical (unpaired) electrons. The average molecular weight is 343 g/mol. The van der Waals surface area contributed by atoms with E-state index < -0.39 is 27.3 Å². The van der Waals surface area contributed by atoms with Gasteiger partial charge in [-0.2, -0.15) is 4.98 Å². The molecule has 0 aliphatic heterocycles. The first-order chi connectivity index (χ1) is 10.4. The van der Waals surface area contributed by atoms with E-state index in [1.807, 2.05) is 31.4 Å². The predicted octanol–water partition coefficient (Wildman–Crippen LogP) is 1.63. The highest BCUT2D eigenvalue weighted by Gasteiger charge is 2.22. The average Bonchev–Trinajstić information content (AvgIpc) is 3.07. The van der Waals surface area contributed by atoms with Gasteiger partial charge in [0.05, 0.1) is 4.88 Å². The summed E-state index contributed by atoms with van der Waals surface area (Å²) in [4.78, 5) is 16.5. The highest BCUT2D eigenvalue weighted by Crippen LogP contribution is 2.21. The Labute approximate surface area is 132 Å². The largest absolute Gasteiger partial charge is 0.353 e. The molecule has 2 aromatic heterocycles. The molecule has 2 rings (SSSR count). The smallest absolute Gasteiger partial charge is 0.242 e. The second-order valence-corrected chi connectivity index (χ2v) is 7.91. The van der Waals surface area contributed by atoms with Gasteiger partial charge in [-0.3, -0.25) is 4.79 Å². The summed E-state index contributed by atoms with van der Waals surface area (Å²) in [6.45, 7) is 3.72. The molecule has 1 amide bonds. The van der Waals surface area contributed by atoms with E-state index in [-0.39, 0.29) is 11.9 Å². The van der Waals surface area contributed by atoms with Gasteiger partial charge in [-0.25, -0.2) is 8.42 Å². The monoisotopic (exact) mass is 343 g/mol. The highest BCUT2D eigenvalue weighted by molar-refractivity contribution is 7.91. The van der Waals surface area contributed by atoms with Crippen molar-refractivity contribution in [3.8, 4) is 10.7 Å². The summed E-state index contributed by atoms with van der Waals surface area (Å²) in [6, 6.07) is 3.59. The summed E-state index contributed by atoms with van der Waals surface area (Å²) in [5.74, 6) is -1.22. The van der Waals surface area contributed by atoms with E-state index in [0.717, 1.165) is 11.3 Å². The van der Waals surface area contributed by atoms with Crippen LogP contribution in [0.1, 0.15) is 26.2 Å². The van der Waals surface area contributed by atoms with Gasteiger partial charge in [0.25, 0.3) is 0 Å². The minimum absolute atomic E-state index is 0.0141. The van der Waals surface area contributed by atoms with Crippen LogP contribution in [0.3, 0.4) is 0 Å². The van der Waals surface area contributed by atoms with Gasteiger partial charge < -0.3 is 9.84 Å². The normalized spacial score (nSPS) is 13.0. The Morgan fingerprint density at radius 1 is 1.50 bits per heavy atom. The second kappa shape index (κ2) is 7.01. The van der Waals surface area contributed by atoms with Crippen molar-refractivity contribution in [1.82, 2.24) is 15.5 Å². The van der Waals surface area contributed by atoms with Crippen LogP contribution in [0.2, 0.25) is 0 Å². The summed E-state index contributed by atoms with van der Waals surface area (Å²) in [5, 5.41) is 8.22. The summed E-state index contributed by atoms with van der Waals surface area (Å²) in [7, 11) is -3.65. The maximum atomic E-state index is 12.0. The maximum absolute atomic E-state index is 12.0. The van der Waals surface area contributed by atoms with Crippen molar-refractivity contribution in [1.29, 1.82) is 0 Å². The van der Waals surface area contributed by atoms with Crippen molar-refractivity contribution in [2.75, 3.05) is 5.75 Å². The SMILES string of the molecule is CC[C@H](C)NC(=O)CS(=O)(=O)Cc1nc(-c2cccs2)no1. The van der Waals surface area contributed by atoms with E-state index in [0.29, 0.717) is 5.82 Å². The molecule has 0 aromatic carbocycles. The quantitative estimate of drug-likeness (QED) is 0.820. The van der Waals surface area contributed by atoms with Gasteiger partial charge in [0.1, 0.15) is 11.5 Å². The molecule has 0 saturated heterocycles. The molecule has 0 spiro atoms. The van der Waals surface area contributed by atoms with Crippen LogP contribution in [0, 0.1) is 0 Å². The number of hydrogen-bond acceptors (Lipinski definition) is 7. The van der Waals surface area contributed by atoms with Crippen molar-refractivity contribution in [2.45, 2.75) is 32.1 Å². The lowest BCUT2D eigenvalue weighted by Crippen LogP contribution is -2.36. The number of nitrogens with one attached hydrogen (secondary N) is 1. The molecule has 120 valence electrons. The minimum atomic E-state index is -3.65. The van der Waals surface area contributed by atoms with Crippen LogP contribution in [0.4, 0.5) is 0 Å². The van der Waals surface area contributed by atoms with Crippen LogP contribution < -0.4 is 5.32 Å². The Balaban J connectivity index is 1.99. The topological polar surface area (TPSA) is 102 Å². The Kier molecular flexibility index (Phi) is 5.30. The number of amides is 1. The third-order valence-corrected chi connectivity index (χ3v) is 5.18. The molecule has 22 heavy (non-hydrogen) atoms. The van der Waals surface area contributed by atoms with Gasteiger partial charge in [-0.1, -0.05) is 18.1 Å². The number of hydrogen-bond donors (Lipinski definition) is 1. The van der Waals surface area contributed by atoms with Gasteiger partial charge in [0, 0.05) is 6.04 Å². The number of rotatable bonds is 7. The summed E-state index contributed by atoms with van der Waals surface area (Å²) < 4.78 is 28.9. The first-order valence-electron chi connectivity index (χ1n) is 6.76. The second-order valence-electron chi connectivity index (χ2n) is 4.90. The zero-order valence-electron chi connectivity index (χ0n) is 12.3. The zero-order chi connectivity index (χ0) is 16.2. The lowest BCUT2D eigenvalue weighted by atomic mass is 10.3. The molecule has 9 heteroatoms. The molecule has 0 unspecified atom stereocenters. The fourth-order valence-electron chi connectivity index (χ4n) is 1.68. The van der Waals surface area contributed by atoms with E-state index in [4.69, 9.17) is 4.52 Å². The molecule has 0 aliphatic rings. The van der Waals surface area contributed by atoms with Gasteiger partial charge in [-0.05, 0) is 24.8 Å². The number of aromatic nitrogens is 2. The predicted molar refractivity (Wildman–Crippen MR) is 83.0 cm³/mol. The van der Waals surface area contributed by atoms with Crippen molar-refractivity contribution in [3.63, 3.8) is 0 Å². The molecule has 1 N–H and O–H groups in total. The van der Waals surface area contributed by atoms with Crippen molar-refractivity contribution >= 4 is 27.1 Å². The van der Waals surface area contributed by atoms with Crippen molar-refractivity contribution < 1.29 is 17.7 Å². The molecule has 2 aromatic rings. The van der Waals surface area contributed by atoms with Crippen LogP contribution in [0.5, 0.6) is 0 Å². The van der Waals surface area contributed by atoms with E-state index in [9.17, 15) is 13.2 Å². The Morgan fingerprint density at radius 3 is 2.91 bits per heavy atom. The molecule has 0 saturated carbocycles. The lowest BCUT2D eigenvalue weighted by Gasteiger charge is -2.10. The molecule has 0 aliphatic carbocycles. The van der Waals surface area contributed by atoms with Crippen LogP contribution in [0.15, 0.2) is 22.0 Å². The van der Waals surface area contributed by atoms with E-state index in [1.54, 1.807) is 0 Å². The third kappa shape index (κ3) is 4.63. The fourth-order valence-corrected chi connectivity index (χ4v) is 3.40. The van der Waals surface area contributed by atoms with E-state index in [1.165, 1.54) is 11.3 Å². The standard InChI is InChI=1S/C13H17N3O4S2/c1-3-9(2)14-11(17)7-22(18,19)8-12-15-13(16-20-12)10-5-4-6-21-10/h4-6,9H,3,7-8H2,1-2H3,(H,14,17)/t9-/m0/s1. The fraction of sp³-hybridized carbons (Fsp3) is 0.462. The molecule has 2 heterocycles. The van der Waals surface area contributed by atoms with Gasteiger partial charge in [0.15, 0.2) is 9.84 Å². The molecule has 1 atom stereocenters. The molecule has 0 bridgehead atoms. The first-order valence-corrected chi connectivity index (χ1v) is 9.46. The lowest BCUT2D eigenvalue weighted by molar-refractivity contribution is -0.119. The highest BCUT2D eigenvalue weighted by atomic mass is 32.2. The number of carbonyl (C=O) groups excluding carboxylic acids is 1. The molecule has 7 nitrogen and oxygen atoms in total. The van der Waals surface area contributed by atoms with Crippen LogP contribution in [-0.4, -0.2) is 36.3 Å². The maximum Gasteiger partial charge on any atom is 0.242 e. The third-order valence-electron chi connectivity index (χ3n) is 2.92. The van der Waals surface area contributed by atoms with Gasteiger partial charge in [-0.15, -0.1) is 11.3 Å². The van der Waals surface area contributed by atoms with Crippen LogP contribution >= 0.6 is 11.3 Å². The summed E-state index contributed by atoms with van der Waals surface area (Å²) in [5.41, 5.74) is 0. The van der Waals surface area contributed by atoms with Crippen molar-refractivity contribution in [3.05, 3.63) is 23.4 Å². The van der Waals surface area contributed by atoms with E-state index in [2.05, 4.69) is 15.5 Å². The van der Waals surface area contributed by atoms with Gasteiger partial charge in [0.2, 0.25) is 17.6 Å². The first kappa shape index (κ1) is 16.6. The van der Waals surface area contributed by atoms with Crippen molar-refractivity contribution in [2.24, 2.45) is 0 Å². The molecular weight excluding hydrogens is 326 g/mol. The number of thiophene rings is 1. The molecular formula is C13H17N3O4S2.